The van der Waals surface area contributed by atoms with Crippen LogP contribution in [0.5, 0.6) is 0 Å². The normalized spacial score (nSPS) is 15.9. The number of sulfonamides is 1. The first-order valence-corrected chi connectivity index (χ1v) is 11.8. The molecule has 9 heteroatoms. The lowest BCUT2D eigenvalue weighted by atomic mass is 10.2. The second-order valence-corrected chi connectivity index (χ2v) is 9.60. The molecule has 1 fully saturated rings. The fourth-order valence-corrected chi connectivity index (χ4v) is 5.20. The molecule has 0 bridgehead atoms. The highest BCUT2D eigenvalue weighted by atomic mass is 32.2. The summed E-state index contributed by atoms with van der Waals surface area (Å²) in [6.07, 6.45) is 2.98. The number of rotatable bonds is 6. The van der Waals surface area contributed by atoms with Gasteiger partial charge in [0.2, 0.25) is 10.0 Å². The Bertz CT molecular complexity index is 989. The van der Waals surface area contributed by atoms with Gasteiger partial charge >= 0.3 is 0 Å². The Morgan fingerprint density at radius 3 is 2.27 bits per heavy atom. The fraction of sp³-hybridized carbons (Fsp3) is 0.524. The van der Waals surface area contributed by atoms with E-state index in [2.05, 4.69) is 20.7 Å². The molecule has 0 atom stereocenters. The Morgan fingerprint density at radius 1 is 1.07 bits per heavy atom. The third-order valence-corrected chi connectivity index (χ3v) is 7.56. The van der Waals surface area contributed by atoms with Gasteiger partial charge in [0.1, 0.15) is 0 Å². The highest BCUT2D eigenvalue weighted by molar-refractivity contribution is 7.89. The topological polar surface area (TPSA) is 91.6 Å². The van der Waals surface area contributed by atoms with Crippen molar-refractivity contribution in [3.8, 4) is 0 Å². The first-order chi connectivity index (χ1) is 14.3. The van der Waals surface area contributed by atoms with Crippen LogP contribution in [0.2, 0.25) is 0 Å². The van der Waals surface area contributed by atoms with Crippen molar-refractivity contribution < 1.29 is 8.42 Å². The molecule has 0 unspecified atom stereocenters. The van der Waals surface area contributed by atoms with Crippen LogP contribution in [0.1, 0.15) is 41.8 Å². The number of nitrogens with zero attached hydrogens (tertiary/aromatic N) is 4. The van der Waals surface area contributed by atoms with Gasteiger partial charge in [-0.1, -0.05) is 18.6 Å². The van der Waals surface area contributed by atoms with Crippen LogP contribution < -0.4 is 10.6 Å². The molecule has 2 aromatic rings. The van der Waals surface area contributed by atoms with Crippen LogP contribution in [-0.2, 0) is 30.2 Å². The number of piperidine rings is 1. The molecule has 164 valence electrons. The number of aryl methyl sites for hydroxylation is 2. The Kier molecular flexibility index (Phi) is 7.14. The molecular weight excluding hydrogens is 400 g/mol. The van der Waals surface area contributed by atoms with Gasteiger partial charge in [-0.25, -0.2) is 8.42 Å². The third-order valence-electron chi connectivity index (χ3n) is 5.65. The molecule has 1 aromatic heterocycles. The molecule has 2 N–H and O–H groups in total. The molecule has 1 aliphatic heterocycles. The van der Waals surface area contributed by atoms with Crippen molar-refractivity contribution in [1.29, 1.82) is 0 Å². The number of nitrogens with one attached hydrogen (secondary N) is 2. The van der Waals surface area contributed by atoms with Crippen LogP contribution in [0.15, 0.2) is 34.2 Å². The second-order valence-electron chi connectivity index (χ2n) is 7.66. The molecule has 0 aliphatic carbocycles. The number of guanidine groups is 1. The first-order valence-electron chi connectivity index (χ1n) is 10.4. The highest BCUT2D eigenvalue weighted by Crippen LogP contribution is 2.20. The monoisotopic (exact) mass is 432 g/mol. The van der Waals surface area contributed by atoms with Crippen LogP contribution in [0, 0.1) is 13.8 Å². The average Bonchev–Trinajstić information content (AvgIpc) is 3.00. The Labute approximate surface area is 179 Å². The lowest BCUT2D eigenvalue weighted by Crippen LogP contribution is -2.36. The van der Waals surface area contributed by atoms with Crippen LogP contribution in [0.25, 0.3) is 0 Å². The van der Waals surface area contributed by atoms with Crippen molar-refractivity contribution in [2.24, 2.45) is 12.0 Å². The summed E-state index contributed by atoms with van der Waals surface area (Å²) in [5.41, 5.74) is 4.28. The second kappa shape index (κ2) is 9.61. The number of aromatic nitrogens is 2. The van der Waals surface area contributed by atoms with E-state index in [9.17, 15) is 8.42 Å². The molecule has 30 heavy (non-hydrogen) atoms. The lowest BCUT2D eigenvalue weighted by molar-refractivity contribution is 0.346. The molecular formula is C21H32N6O2S. The molecule has 0 saturated carbocycles. The Morgan fingerprint density at radius 2 is 1.70 bits per heavy atom. The number of benzene rings is 1. The molecule has 1 aromatic carbocycles. The molecule has 2 heterocycles. The molecule has 0 spiro atoms. The zero-order valence-electron chi connectivity index (χ0n) is 18.3. The minimum Gasteiger partial charge on any atom is -0.352 e. The quantitative estimate of drug-likeness (QED) is 0.539. The first kappa shape index (κ1) is 22.3. The number of hydrogen-bond donors (Lipinski definition) is 2. The molecule has 0 radical (unpaired) electrons. The molecule has 1 aliphatic rings. The summed E-state index contributed by atoms with van der Waals surface area (Å²) in [6, 6.07) is 7.10. The smallest absolute Gasteiger partial charge is 0.243 e. The summed E-state index contributed by atoms with van der Waals surface area (Å²) in [7, 11) is 0.276. The largest absolute Gasteiger partial charge is 0.352 e. The van der Waals surface area contributed by atoms with Crippen molar-refractivity contribution in [2.45, 2.75) is 51.1 Å². The minimum absolute atomic E-state index is 0.359. The van der Waals surface area contributed by atoms with Gasteiger partial charge in [-0.2, -0.15) is 9.40 Å². The molecule has 1 saturated heterocycles. The summed E-state index contributed by atoms with van der Waals surface area (Å²) in [5.74, 6) is 0.683. The van der Waals surface area contributed by atoms with E-state index in [-0.39, 0.29) is 0 Å². The van der Waals surface area contributed by atoms with Gasteiger partial charge in [-0.15, -0.1) is 0 Å². The predicted octanol–water partition coefficient (Wildman–Crippen LogP) is 2.08. The Balaban J connectivity index is 1.57. The summed E-state index contributed by atoms with van der Waals surface area (Å²) in [5, 5.41) is 11.0. The average molecular weight is 433 g/mol. The maximum absolute atomic E-state index is 12.8. The van der Waals surface area contributed by atoms with Crippen molar-refractivity contribution in [1.82, 2.24) is 24.7 Å². The zero-order chi connectivity index (χ0) is 21.7. The van der Waals surface area contributed by atoms with E-state index in [1.807, 2.05) is 37.7 Å². The Hall–Kier alpha value is -2.39. The third kappa shape index (κ3) is 5.02. The minimum atomic E-state index is -3.39. The summed E-state index contributed by atoms with van der Waals surface area (Å²) >= 11 is 0. The van der Waals surface area contributed by atoms with Gasteiger partial charge in [0.25, 0.3) is 0 Å². The van der Waals surface area contributed by atoms with Crippen molar-refractivity contribution >= 4 is 16.0 Å². The molecule has 8 nitrogen and oxygen atoms in total. The van der Waals surface area contributed by atoms with Gasteiger partial charge in [-0.05, 0) is 44.4 Å². The summed E-state index contributed by atoms with van der Waals surface area (Å²) in [4.78, 5) is 4.63. The SMILES string of the molecule is CN=C(NCc1ccc(S(=O)(=O)N2CCCCC2)cc1)NCc1c(C)nn(C)c1C. The van der Waals surface area contributed by atoms with Crippen LogP contribution in [-0.4, -0.2) is 48.6 Å². The highest BCUT2D eigenvalue weighted by Gasteiger charge is 2.25. The van der Waals surface area contributed by atoms with Gasteiger partial charge in [0.05, 0.1) is 10.6 Å². The van der Waals surface area contributed by atoms with E-state index in [1.165, 1.54) is 0 Å². The standard InChI is InChI=1S/C21H32N6O2S/c1-16-20(17(2)26(4)25-16)15-24-21(22-3)23-14-18-8-10-19(11-9-18)30(28,29)27-12-6-5-7-13-27/h8-11H,5-7,12-15H2,1-4H3,(H2,22,23,24). The fourth-order valence-electron chi connectivity index (χ4n) is 3.69. The maximum Gasteiger partial charge on any atom is 0.243 e. The van der Waals surface area contributed by atoms with E-state index in [0.29, 0.717) is 37.0 Å². The number of hydrogen-bond acceptors (Lipinski definition) is 4. The van der Waals surface area contributed by atoms with Crippen LogP contribution >= 0.6 is 0 Å². The van der Waals surface area contributed by atoms with E-state index in [4.69, 9.17) is 0 Å². The van der Waals surface area contributed by atoms with E-state index < -0.39 is 10.0 Å². The maximum atomic E-state index is 12.8. The lowest BCUT2D eigenvalue weighted by Gasteiger charge is -2.25. The number of aliphatic imine (C=N–C) groups is 1. The summed E-state index contributed by atoms with van der Waals surface area (Å²) < 4.78 is 29.0. The van der Waals surface area contributed by atoms with Crippen molar-refractivity contribution in [3.63, 3.8) is 0 Å². The van der Waals surface area contributed by atoms with Crippen LogP contribution in [0.4, 0.5) is 0 Å². The summed E-state index contributed by atoms with van der Waals surface area (Å²) in [6.45, 7) is 6.46. The zero-order valence-corrected chi connectivity index (χ0v) is 19.1. The molecule has 3 rings (SSSR count). The van der Waals surface area contributed by atoms with Gasteiger partial charge < -0.3 is 10.6 Å². The van der Waals surface area contributed by atoms with Crippen molar-refractivity contribution in [2.75, 3.05) is 20.1 Å². The van der Waals surface area contributed by atoms with E-state index in [1.54, 1.807) is 23.5 Å². The van der Waals surface area contributed by atoms with Crippen molar-refractivity contribution in [3.05, 3.63) is 46.8 Å². The van der Waals surface area contributed by atoms with E-state index >= 15 is 0 Å². The van der Waals surface area contributed by atoms with Crippen LogP contribution in [0.3, 0.4) is 0 Å². The molecule has 0 amide bonds. The predicted molar refractivity (Wildman–Crippen MR) is 119 cm³/mol. The van der Waals surface area contributed by atoms with Gasteiger partial charge in [-0.3, -0.25) is 9.67 Å². The van der Waals surface area contributed by atoms with Gasteiger partial charge in [0.15, 0.2) is 5.96 Å². The van der Waals surface area contributed by atoms with Gasteiger partial charge in [0, 0.05) is 51.5 Å². The van der Waals surface area contributed by atoms with E-state index in [0.717, 1.165) is 41.8 Å².